The SMILES string of the molecule is CCCN1CCc2nc(Nc3ccc(OC)cc3)ncc2C1. The molecule has 22 heavy (non-hydrogen) atoms. The molecule has 0 spiro atoms. The molecular formula is C17H22N4O. The quantitative estimate of drug-likeness (QED) is 0.919. The standard InChI is InChI=1S/C17H22N4O/c1-3-9-21-10-8-16-13(12-21)11-18-17(20-16)19-14-4-6-15(22-2)7-5-14/h4-7,11H,3,8-10,12H2,1-2H3,(H,18,19,20). The Labute approximate surface area is 131 Å². The molecule has 2 aromatic rings. The summed E-state index contributed by atoms with van der Waals surface area (Å²) in [6.45, 7) is 5.41. The van der Waals surface area contributed by atoms with Gasteiger partial charge in [0.05, 0.1) is 12.8 Å². The van der Waals surface area contributed by atoms with Crippen LogP contribution in [-0.2, 0) is 13.0 Å². The number of nitrogens with zero attached hydrogens (tertiary/aromatic N) is 3. The van der Waals surface area contributed by atoms with Gasteiger partial charge < -0.3 is 10.1 Å². The normalized spacial score (nSPS) is 14.5. The van der Waals surface area contributed by atoms with Crippen molar-refractivity contribution in [1.29, 1.82) is 0 Å². The molecule has 0 radical (unpaired) electrons. The van der Waals surface area contributed by atoms with E-state index in [0.29, 0.717) is 5.95 Å². The second kappa shape index (κ2) is 6.75. The molecule has 1 aromatic heterocycles. The zero-order chi connectivity index (χ0) is 15.4. The van der Waals surface area contributed by atoms with Crippen molar-refractivity contribution >= 4 is 11.6 Å². The fourth-order valence-electron chi connectivity index (χ4n) is 2.75. The zero-order valence-electron chi connectivity index (χ0n) is 13.2. The van der Waals surface area contributed by atoms with E-state index in [4.69, 9.17) is 4.74 Å². The number of ether oxygens (including phenoxy) is 1. The monoisotopic (exact) mass is 298 g/mol. The average Bonchev–Trinajstić information content (AvgIpc) is 2.56. The number of hydrogen-bond acceptors (Lipinski definition) is 5. The molecule has 3 rings (SSSR count). The first-order valence-corrected chi connectivity index (χ1v) is 7.76. The maximum atomic E-state index is 5.16. The lowest BCUT2D eigenvalue weighted by Gasteiger charge is -2.27. The van der Waals surface area contributed by atoms with Crippen LogP contribution in [0.1, 0.15) is 24.6 Å². The number of rotatable bonds is 5. The number of hydrogen-bond donors (Lipinski definition) is 1. The highest BCUT2D eigenvalue weighted by atomic mass is 16.5. The number of methoxy groups -OCH3 is 1. The highest BCUT2D eigenvalue weighted by molar-refractivity contribution is 5.54. The van der Waals surface area contributed by atoms with E-state index >= 15 is 0 Å². The predicted molar refractivity (Wildman–Crippen MR) is 87.6 cm³/mol. The van der Waals surface area contributed by atoms with Crippen molar-refractivity contribution in [2.75, 3.05) is 25.5 Å². The Morgan fingerprint density at radius 2 is 2.09 bits per heavy atom. The summed E-state index contributed by atoms with van der Waals surface area (Å²) in [6.07, 6.45) is 4.14. The highest BCUT2D eigenvalue weighted by Gasteiger charge is 2.17. The van der Waals surface area contributed by atoms with Crippen molar-refractivity contribution in [3.8, 4) is 5.75 Å². The molecule has 0 atom stereocenters. The van der Waals surface area contributed by atoms with Crippen LogP contribution >= 0.6 is 0 Å². The zero-order valence-corrected chi connectivity index (χ0v) is 13.2. The molecule has 0 aliphatic carbocycles. The van der Waals surface area contributed by atoms with Gasteiger partial charge in [0.2, 0.25) is 5.95 Å². The Bertz CT molecular complexity index is 627. The predicted octanol–water partition coefficient (Wildman–Crippen LogP) is 3.00. The Balaban J connectivity index is 1.71. The third-order valence-corrected chi connectivity index (χ3v) is 3.90. The topological polar surface area (TPSA) is 50.3 Å². The number of benzene rings is 1. The molecule has 0 bridgehead atoms. The first kappa shape index (κ1) is 14.8. The number of aromatic nitrogens is 2. The van der Waals surface area contributed by atoms with Crippen LogP contribution in [0.25, 0.3) is 0 Å². The molecule has 1 aliphatic rings. The molecule has 1 N–H and O–H groups in total. The highest BCUT2D eigenvalue weighted by Crippen LogP contribution is 2.21. The van der Waals surface area contributed by atoms with E-state index in [1.165, 1.54) is 17.7 Å². The summed E-state index contributed by atoms with van der Waals surface area (Å²) in [5, 5.41) is 3.25. The first-order valence-electron chi connectivity index (χ1n) is 7.76. The Morgan fingerprint density at radius 1 is 1.27 bits per heavy atom. The van der Waals surface area contributed by atoms with E-state index < -0.39 is 0 Å². The molecule has 2 heterocycles. The van der Waals surface area contributed by atoms with E-state index in [-0.39, 0.29) is 0 Å². The first-order chi connectivity index (χ1) is 10.8. The van der Waals surface area contributed by atoms with Crippen molar-refractivity contribution < 1.29 is 4.74 Å². The molecule has 5 nitrogen and oxygen atoms in total. The van der Waals surface area contributed by atoms with Crippen molar-refractivity contribution in [3.05, 3.63) is 41.7 Å². The molecule has 0 unspecified atom stereocenters. The minimum absolute atomic E-state index is 0.660. The lowest BCUT2D eigenvalue weighted by molar-refractivity contribution is 0.252. The van der Waals surface area contributed by atoms with Crippen LogP contribution < -0.4 is 10.1 Å². The second-order valence-electron chi connectivity index (χ2n) is 5.55. The lowest BCUT2D eigenvalue weighted by atomic mass is 10.1. The van der Waals surface area contributed by atoms with Crippen LogP contribution in [0.5, 0.6) is 5.75 Å². The summed E-state index contributed by atoms with van der Waals surface area (Å²) in [7, 11) is 1.66. The third-order valence-electron chi connectivity index (χ3n) is 3.90. The van der Waals surface area contributed by atoms with Gasteiger partial charge in [0.15, 0.2) is 0 Å². The van der Waals surface area contributed by atoms with Gasteiger partial charge in [-0.1, -0.05) is 6.92 Å². The minimum Gasteiger partial charge on any atom is -0.497 e. The molecule has 0 saturated carbocycles. The van der Waals surface area contributed by atoms with E-state index in [1.54, 1.807) is 7.11 Å². The van der Waals surface area contributed by atoms with Crippen LogP contribution in [0.15, 0.2) is 30.5 Å². The van der Waals surface area contributed by atoms with Crippen LogP contribution in [0.3, 0.4) is 0 Å². The molecular weight excluding hydrogens is 276 g/mol. The van der Waals surface area contributed by atoms with Gasteiger partial charge in [0, 0.05) is 37.0 Å². The second-order valence-corrected chi connectivity index (χ2v) is 5.55. The smallest absolute Gasteiger partial charge is 0.227 e. The maximum absolute atomic E-state index is 5.16. The largest absolute Gasteiger partial charge is 0.497 e. The van der Waals surface area contributed by atoms with Crippen molar-refractivity contribution in [2.24, 2.45) is 0 Å². The van der Waals surface area contributed by atoms with E-state index in [2.05, 4.69) is 27.1 Å². The van der Waals surface area contributed by atoms with Crippen LogP contribution in [0.2, 0.25) is 0 Å². The van der Waals surface area contributed by atoms with E-state index in [0.717, 1.165) is 37.5 Å². The van der Waals surface area contributed by atoms with Crippen LogP contribution in [0, 0.1) is 0 Å². The summed E-state index contributed by atoms with van der Waals surface area (Å²) in [4.78, 5) is 11.6. The summed E-state index contributed by atoms with van der Waals surface area (Å²) >= 11 is 0. The van der Waals surface area contributed by atoms with Gasteiger partial charge in [-0.15, -0.1) is 0 Å². The minimum atomic E-state index is 0.660. The number of nitrogens with one attached hydrogen (secondary N) is 1. The molecule has 116 valence electrons. The number of anilines is 2. The molecule has 1 aliphatic heterocycles. The van der Waals surface area contributed by atoms with E-state index in [9.17, 15) is 0 Å². The van der Waals surface area contributed by atoms with Crippen molar-refractivity contribution in [1.82, 2.24) is 14.9 Å². The fourth-order valence-corrected chi connectivity index (χ4v) is 2.75. The Kier molecular flexibility index (Phi) is 4.53. The van der Waals surface area contributed by atoms with E-state index in [1.807, 2.05) is 30.5 Å². The molecule has 0 amide bonds. The molecule has 0 fully saturated rings. The average molecular weight is 298 g/mol. The number of fused-ring (bicyclic) bond motifs is 1. The van der Waals surface area contributed by atoms with Crippen LogP contribution in [-0.4, -0.2) is 35.1 Å². The molecule has 5 heteroatoms. The molecule has 0 saturated heterocycles. The van der Waals surface area contributed by atoms with Crippen LogP contribution in [0.4, 0.5) is 11.6 Å². The lowest BCUT2D eigenvalue weighted by Crippen LogP contribution is -2.31. The fraction of sp³-hybridized carbons (Fsp3) is 0.412. The van der Waals surface area contributed by atoms with Gasteiger partial charge in [-0.25, -0.2) is 9.97 Å². The summed E-state index contributed by atoms with van der Waals surface area (Å²) in [5.74, 6) is 1.50. The Hall–Kier alpha value is -2.14. The van der Waals surface area contributed by atoms with Gasteiger partial charge in [0.1, 0.15) is 5.75 Å². The van der Waals surface area contributed by atoms with Gasteiger partial charge >= 0.3 is 0 Å². The summed E-state index contributed by atoms with van der Waals surface area (Å²) in [6, 6.07) is 7.77. The maximum Gasteiger partial charge on any atom is 0.227 e. The van der Waals surface area contributed by atoms with Gasteiger partial charge in [-0.05, 0) is 37.2 Å². The summed E-state index contributed by atoms with van der Waals surface area (Å²) < 4.78 is 5.16. The third kappa shape index (κ3) is 3.36. The Morgan fingerprint density at radius 3 is 2.82 bits per heavy atom. The van der Waals surface area contributed by atoms with Gasteiger partial charge in [-0.3, -0.25) is 4.90 Å². The van der Waals surface area contributed by atoms with Gasteiger partial charge in [0.25, 0.3) is 0 Å². The van der Waals surface area contributed by atoms with Crippen molar-refractivity contribution in [3.63, 3.8) is 0 Å². The summed E-state index contributed by atoms with van der Waals surface area (Å²) in [5.41, 5.74) is 3.38. The van der Waals surface area contributed by atoms with Crippen molar-refractivity contribution in [2.45, 2.75) is 26.3 Å². The van der Waals surface area contributed by atoms with Gasteiger partial charge in [-0.2, -0.15) is 0 Å². The molecule has 1 aromatic carbocycles.